The summed E-state index contributed by atoms with van der Waals surface area (Å²) in [7, 11) is 1.42. The van der Waals surface area contributed by atoms with Gasteiger partial charge in [0.25, 0.3) is 5.91 Å². The second-order valence-electron chi connectivity index (χ2n) is 7.99. The number of aliphatic carboxylic acids is 1. The predicted molar refractivity (Wildman–Crippen MR) is 125 cm³/mol. The van der Waals surface area contributed by atoms with Crippen LogP contribution in [0.1, 0.15) is 34.7 Å². The number of carboxylic acid groups (broad SMARTS) is 1. The maximum atomic E-state index is 13.0. The molecule has 1 heterocycles. The van der Waals surface area contributed by atoms with E-state index >= 15 is 0 Å². The number of halogens is 3. The Hall–Kier alpha value is -3.15. The minimum atomic E-state index is -4.48. The first-order valence-corrected chi connectivity index (χ1v) is 10.5. The first-order valence-electron chi connectivity index (χ1n) is 10.5. The van der Waals surface area contributed by atoms with Crippen LogP contribution in [0.3, 0.4) is 0 Å². The number of urea groups is 1. The van der Waals surface area contributed by atoms with Gasteiger partial charge in [0, 0.05) is 19.3 Å². The quantitative estimate of drug-likeness (QED) is 0.389. The average Bonchev–Trinajstić information content (AvgIpc) is 2.78. The van der Waals surface area contributed by atoms with Gasteiger partial charge < -0.3 is 20.6 Å². The summed E-state index contributed by atoms with van der Waals surface area (Å²) in [5, 5.41) is 14.0. The Kier molecular flexibility index (Phi) is 9.85. The summed E-state index contributed by atoms with van der Waals surface area (Å²) in [6, 6.07) is 7.89. The number of carbonyl (C=O) groups is 4. The molecule has 0 aliphatic carbocycles. The van der Waals surface area contributed by atoms with Crippen LogP contribution in [-0.4, -0.2) is 76.3 Å². The van der Waals surface area contributed by atoms with Crippen molar-refractivity contribution < 1.29 is 37.5 Å². The van der Waals surface area contributed by atoms with Gasteiger partial charge in [0.15, 0.2) is 11.8 Å². The molecule has 0 saturated carbocycles. The van der Waals surface area contributed by atoms with Crippen molar-refractivity contribution in [1.82, 2.24) is 15.5 Å². The maximum absolute atomic E-state index is 13.0. The third-order valence-electron chi connectivity index (χ3n) is 5.32. The molecule has 0 radical (unpaired) electrons. The van der Waals surface area contributed by atoms with Crippen LogP contribution in [0.15, 0.2) is 60.8 Å². The molecule has 3 amide bonds. The van der Waals surface area contributed by atoms with Crippen LogP contribution in [-0.2, 0) is 27.0 Å². The zero-order chi connectivity index (χ0) is 25.8. The van der Waals surface area contributed by atoms with Crippen molar-refractivity contribution in [3.63, 3.8) is 0 Å². The van der Waals surface area contributed by atoms with Crippen LogP contribution in [0.25, 0.3) is 0 Å². The van der Waals surface area contributed by atoms with Gasteiger partial charge in [-0.05, 0) is 29.2 Å². The Balaban J connectivity index is 0.00000456. The summed E-state index contributed by atoms with van der Waals surface area (Å²) < 4.78 is 39.0. The van der Waals surface area contributed by atoms with E-state index in [-0.39, 0.29) is 36.0 Å². The molecule has 8 nitrogen and oxygen atoms in total. The zero-order valence-corrected chi connectivity index (χ0v) is 18.5. The molecule has 36 heavy (non-hydrogen) atoms. The van der Waals surface area contributed by atoms with Crippen LogP contribution in [0.4, 0.5) is 18.0 Å². The Morgan fingerprint density at radius 1 is 1.08 bits per heavy atom. The molecule has 2 unspecified atom stereocenters. The number of carboxylic acids is 1. The van der Waals surface area contributed by atoms with Crippen LogP contribution in [0.2, 0.25) is 0 Å². The van der Waals surface area contributed by atoms with Gasteiger partial charge in [0.05, 0.1) is 18.0 Å². The molecule has 1 aliphatic rings. The van der Waals surface area contributed by atoms with Crippen molar-refractivity contribution in [2.75, 3.05) is 7.05 Å². The molecule has 3 rings (SSSR count). The van der Waals surface area contributed by atoms with E-state index < -0.39 is 53.9 Å². The number of benzene rings is 2. The fourth-order valence-corrected chi connectivity index (χ4v) is 3.58. The van der Waals surface area contributed by atoms with Crippen molar-refractivity contribution in [2.24, 2.45) is 0 Å². The normalized spacial score (nSPS) is 16.2. The molecule has 0 aromatic heterocycles. The summed E-state index contributed by atoms with van der Waals surface area (Å²) in [4.78, 5) is 49.2. The average molecular weight is 513 g/mol. The van der Waals surface area contributed by atoms with Gasteiger partial charge in [-0.15, -0.1) is 0 Å². The van der Waals surface area contributed by atoms with E-state index in [0.29, 0.717) is 16.7 Å². The van der Waals surface area contributed by atoms with Gasteiger partial charge in [0.2, 0.25) is 0 Å². The van der Waals surface area contributed by atoms with Crippen molar-refractivity contribution in [1.29, 1.82) is 0 Å². The molecule has 2 aromatic rings. The Morgan fingerprint density at radius 3 is 2.36 bits per heavy atom. The number of amides is 3. The topological polar surface area (TPSA) is 116 Å². The SMILES string of the molecule is CN1C=CC(=O)C(NC(=O)NC(CC(=O)O)c2cccc(Cc3cccc(C(F)(F)F)c3)c2)C1=O.[NaH]. The number of carbonyl (C=O) groups excluding carboxylic acids is 3. The summed E-state index contributed by atoms with van der Waals surface area (Å²) >= 11 is 0. The van der Waals surface area contributed by atoms with Crippen molar-refractivity contribution in [3.05, 3.63) is 83.1 Å². The van der Waals surface area contributed by atoms with Crippen LogP contribution in [0, 0.1) is 0 Å². The molecule has 0 spiro atoms. The second kappa shape index (κ2) is 12.2. The Morgan fingerprint density at radius 2 is 1.72 bits per heavy atom. The fraction of sp³-hybridized carbons (Fsp3) is 0.250. The summed E-state index contributed by atoms with van der Waals surface area (Å²) in [6.45, 7) is 0. The van der Waals surface area contributed by atoms with Gasteiger partial charge in [-0.2, -0.15) is 13.2 Å². The molecular weight excluding hydrogens is 490 g/mol. The zero-order valence-electron chi connectivity index (χ0n) is 18.5. The monoisotopic (exact) mass is 513 g/mol. The number of nitrogens with zero attached hydrogens (tertiary/aromatic N) is 1. The van der Waals surface area contributed by atoms with Crippen molar-refractivity contribution >= 4 is 53.2 Å². The summed E-state index contributed by atoms with van der Waals surface area (Å²) in [6.07, 6.45) is -2.43. The number of likely N-dealkylation sites (N-methyl/N-ethyl adjacent to an activating group) is 1. The van der Waals surface area contributed by atoms with Crippen molar-refractivity contribution in [3.8, 4) is 0 Å². The Bertz CT molecular complexity index is 1190. The minimum absolute atomic E-state index is 0. The first kappa shape index (κ1) is 29.1. The van der Waals surface area contributed by atoms with Crippen LogP contribution >= 0.6 is 0 Å². The third kappa shape index (κ3) is 7.67. The van der Waals surface area contributed by atoms with Gasteiger partial charge >= 0.3 is 47.7 Å². The number of rotatable bonds is 7. The summed E-state index contributed by atoms with van der Waals surface area (Å²) in [5.41, 5.74) is 0.624. The van der Waals surface area contributed by atoms with Gasteiger partial charge in [-0.1, -0.05) is 42.5 Å². The molecule has 186 valence electrons. The molecule has 3 N–H and O–H groups in total. The molecular formula is C24H23F3N3NaO5. The summed E-state index contributed by atoms with van der Waals surface area (Å²) in [5.74, 6) is -2.49. The molecule has 0 bridgehead atoms. The van der Waals surface area contributed by atoms with Crippen molar-refractivity contribution in [2.45, 2.75) is 31.1 Å². The van der Waals surface area contributed by atoms with Gasteiger partial charge in [-0.3, -0.25) is 14.4 Å². The molecule has 2 aromatic carbocycles. The number of alkyl halides is 3. The standard InChI is InChI=1S/C24H22F3N3O5.Na.H/c1-30-9-8-19(31)21(22(30)34)29-23(35)28-18(13-20(32)33)16-6-2-4-14(11-16)10-15-5-3-7-17(12-15)24(25,26)27;;/h2-9,11-12,18,21H,10,13H2,1H3,(H,32,33)(H2,28,29,35);;. The first-order chi connectivity index (χ1) is 16.4. The van der Waals surface area contributed by atoms with Gasteiger partial charge in [-0.25, -0.2) is 4.79 Å². The number of ketones is 1. The molecule has 1 aliphatic heterocycles. The molecule has 12 heteroatoms. The fourth-order valence-electron chi connectivity index (χ4n) is 3.58. The van der Waals surface area contributed by atoms with E-state index in [9.17, 15) is 37.5 Å². The number of hydrogen-bond acceptors (Lipinski definition) is 4. The van der Waals surface area contributed by atoms with Crippen LogP contribution in [0.5, 0.6) is 0 Å². The second-order valence-corrected chi connectivity index (χ2v) is 7.99. The van der Waals surface area contributed by atoms with E-state index in [1.807, 2.05) is 0 Å². The third-order valence-corrected chi connectivity index (χ3v) is 5.32. The van der Waals surface area contributed by atoms with E-state index in [4.69, 9.17) is 0 Å². The van der Waals surface area contributed by atoms with Crippen LogP contribution < -0.4 is 10.6 Å². The number of hydrogen-bond donors (Lipinski definition) is 3. The van der Waals surface area contributed by atoms with E-state index in [0.717, 1.165) is 23.1 Å². The molecule has 2 atom stereocenters. The molecule has 0 saturated heterocycles. The Labute approximate surface area is 226 Å². The van der Waals surface area contributed by atoms with E-state index in [2.05, 4.69) is 10.6 Å². The van der Waals surface area contributed by atoms with E-state index in [1.54, 1.807) is 30.3 Å². The number of nitrogens with one attached hydrogen (secondary N) is 2. The van der Waals surface area contributed by atoms with E-state index in [1.165, 1.54) is 19.3 Å². The predicted octanol–water partition coefficient (Wildman–Crippen LogP) is 2.39. The van der Waals surface area contributed by atoms with Gasteiger partial charge in [0.1, 0.15) is 0 Å². The molecule has 0 fully saturated rings.